The van der Waals surface area contributed by atoms with Crippen molar-refractivity contribution in [3.63, 3.8) is 0 Å². The zero-order valence-corrected chi connectivity index (χ0v) is 14.2. The fourth-order valence-corrected chi connectivity index (χ4v) is 1.86. The summed E-state index contributed by atoms with van der Waals surface area (Å²) in [5, 5.41) is 9.56. The molecule has 0 aromatic carbocycles. The van der Waals surface area contributed by atoms with Gasteiger partial charge in [-0.15, -0.1) is 0 Å². The van der Waals surface area contributed by atoms with E-state index in [1.165, 1.54) is 6.92 Å². The smallest absolute Gasteiger partial charge is 0.349 e. The second-order valence-corrected chi connectivity index (χ2v) is 6.10. The number of ether oxygens (including phenoxy) is 5. The van der Waals surface area contributed by atoms with Crippen molar-refractivity contribution in [3.05, 3.63) is 12.2 Å². The van der Waals surface area contributed by atoms with E-state index in [4.69, 9.17) is 23.7 Å². The van der Waals surface area contributed by atoms with Gasteiger partial charge in [-0.3, -0.25) is 9.59 Å². The van der Waals surface area contributed by atoms with Crippen LogP contribution in [-0.4, -0.2) is 73.2 Å². The lowest BCUT2D eigenvalue weighted by molar-refractivity contribution is -0.186. The molecular formula is C16H20O10. The molecule has 2 heterocycles. The van der Waals surface area contributed by atoms with Gasteiger partial charge in [0.25, 0.3) is 0 Å². The van der Waals surface area contributed by atoms with E-state index < -0.39 is 42.3 Å². The van der Waals surface area contributed by atoms with E-state index in [9.17, 15) is 24.3 Å². The summed E-state index contributed by atoms with van der Waals surface area (Å²) in [5.74, 6) is -4.62. The van der Waals surface area contributed by atoms with Crippen LogP contribution in [0.3, 0.4) is 0 Å². The van der Waals surface area contributed by atoms with Crippen LogP contribution in [0.15, 0.2) is 12.2 Å². The molecule has 2 unspecified atom stereocenters. The third-order valence-corrected chi connectivity index (χ3v) is 3.55. The zero-order valence-electron chi connectivity index (χ0n) is 14.2. The molecular weight excluding hydrogens is 352 g/mol. The number of carbonyl (C=O) groups is 4. The van der Waals surface area contributed by atoms with Gasteiger partial charge in [-0.05, 0) is 6.92 Å². The Morgan fingerprint density at radius 1 is 1.04 bits per heavy atom. The summed E-state index contributed by atoms with van der Waals surface area (Å²) < 4.78 is 24.5. The summed E-state index contributed by atoms with van der Waals surface area (Å²) in [6.45, 7) is 5.45. The highest BCUT2D eigenvalue weighted by Crippen LogP contribution is 2.25. The maximum absolute atomic E-state index is 12.0. The van der Waals surface area contributed by atoms with Crippen LogP contribution in [0.2, 0.25) is 0 Å². The molecule has 0 spiro atoms. The van der Waals surface area contributed by atoms with Crippen molar-refractivity contribution in [2.45, 2.75) is 37.6 Å². The molecule has 2 rings (SSSR count). The van der Waals surface area contributed by atoms with Crippen LogP contribution in [0.5, 0.6) is 0 Å². The van der Waals surface area contributed by atoms with Crippen LogP contribution in [0, 0.1) is 0 Å². The summed E-state index contributed by atoms with van der Waals surface area (Å²) in [7, 11) is 0. The van der Waals surface area contributed by atoms with Gasteiger partial charge < -0.3 is 28.8 Å². The molecule has 0 aromatic rings. The molecule has 10 nitrogen and oxygen atoms in total. The van der Waals surface area contributed by atoms with Gasteiger partial charge in [0.2, 0.25) is 5.60 Å². The average molecular weight is 372 g/mol. The third-order valence-electron chi connectivity index (χ3n) is 3.55. The van der Waals surface area contributed by atoms with Crippen LogP contribution in [0.25, 0.3) is 0 Å². The molecule has 2 fully saturated rings. The molecule has 0 aromatic heterocycles. The van der Waals surface area contributed by atoms with Gasteiger partial charge in [-0.2, -0.15) is 0 Å². The SMILES string of the molecule is C=C(C)C(=O)OC(CC(=O)OCC1CO1)(CC(=O)OCC1CO1)C(=O)O. The third kappa shape index (κ3) is 6.12. The van der Waals surface area contributed by atoms with Gasteiger partial charge in [0.15, 0.2) is 0 Å². The first-order chi connectivity index (χ1) is 12.2. The Morgan fingerprint density at radius 2 is 1.46 bits per heavy atom. The first kappa shape index (κ1) is 19.9. The maximum Gasteiger partial charge on any atom is 0.349 e. The molecule has 10 heteroatoms. The fourth-order valence-electron chi connectivity index (χ4n) is 1.86. The number of carboxylic acid groups (broad SMARTS) is 1. The van der Waals surface area contributed by atoms with Crippen molar-refractivity contribution in [1.29, 1.82) is 0 Å². The predicted octanol–water partition coefficient (Wildman–Crippen LogP) is -0.407. The topological polar surface area (TPSA) is 141 Å². The Labute approximate surface area is 149 Å². The molecule has 2 aliphatic rings. The Morgan fingerprint density at radius 3 is 1.77 bits per heavy atom. The monoisotopic (exact) mass is 372 g/mol. The normalized spacial score (nSPS) is 22.5. The van der Waals surface area contributed by atoms with Crippen LogP contribution in [-0.2, 0) is 42.9 Å². The number of rotatable bonds is 11. The molecule has 2 atom stereocenters. The fraction of sp³-hybridized carbons (Fsp3) is 0.625. The summed E-state index contributed by atoms with van der Waals surface area (Å²) in [5.41, 5.74) is -2.55. The van der Waals surface area contributed by atoms with Gasteiger partial charge >= 0.3 is 23.9 Å². The van der Waals surface area contributed by atoms with E-state index >= 15 is 0 Å². The summed E-state index contributed by atoms with van der Waals surface area (Å²) in [6, 6.07) is 0. The van der Waals surface area contributed by atoms with Crippen LogP contribution < -0.4 is 0 Å². The lowest BCUT2D eigenvalue weighted by atomic mass is 9.95. The molecule has 26 heavy (non-hydrogen) atoms. The van der Waals surface area contributed by atoms with Crippen LogP contribution in [0.1, 0.15) is 19.8 Å². The minimum absolute atomic E-state index is 0.0492. The first-order valence-corrected chi connectivity index (χ1v) is 7.88. The number of carbonyl (C=O) groups excluding carboxylic acids is 3. The predicted molar refractivity (Wildman–Crippen MR) is 81.9 cm³/mol. The van der Waals surface area contributed by atoms with Gasteiger partial charge in [-0.25, -0.2) is 9.59 Å². The van der Waals surface area contributed by atoms with E-state index in [1.54, 1.807) is 0 Å². The molecule has 0 bridgehead atoms. The quantitative estimate of drug-likeness (QED) is 0.220. The lowest BCUT2D eigenvalue weighted by Crippen LogP contribution is -2.47. The van der Waals surface area contributed by atoms with E-state index in [0.717, 1.165) is 0 Å². The Bertz CT molecular complexity index is 572. The lowest BCUT2D eigenvalue weighted by Gasteiger charge is -2.27. The number of hydrogen-bond donors (Lipinski definition) is 1. The Kier molecular flexibility index (Phi) is 6.32. The molecule has 144 valence electrons. The van der Waals surface area contributed by atoms with Crippen molar-refractivity contribution in [3.8, 4) is 0 Å². The average Bonchev–Trinajstić information content (AvgIpc) is 3.45. The van der Waals surface area contributed by atoms with Crippen molar-refractivity contribution >= 4 is 23.9 Å². The van der Waals surface area contributed by atoms with Crippen molar-refractivity contribution < 1.29 is 48.0 Å². The zero-order chi connectivity index (χ0) is 19.3. The van der Waals surface area contributed by atoms with Crippen LogP contribution in [0.4, 0.5) is 0 Å². The Balaban J connectivity index is 2.06. The first-order valence-electron chi connectivity index (χ1n) is 7.88. The number of epoxide rings is 2. The van der Waals surface area contributed by atoms with Crippen molar-refractivity contribution in [1.82, 2.24) is 0 Å². The summed E-state index contributed by atoms with van der Waals surface area (Å²) in [6.07, 6.45) is -2.16. The highest BCUT2D eigenvalue weighted by molar-refractivity contribution is 5.94. The Hall–Kier alpha value is -2.46. The standard InChI is InChI=1S/C16H20O10/c1-9(2)14(19)26-16(15(20)21,3-12(17)24-7-10-5-22-10)4-13(18)25-8-11-6-23-11/h10-11H,1,3-8H2,2H3,(H,20,21). The largest absolute Gasteiger partial charge is 0.478 e. The number of carboxylic acids is 1. The number of hydrogen-bond acceptors (Lipinski definition) is 9. The van der Waals surface area contributed by atoms with Gasteiger partial charge in [0.05, 0.1) is 26.1 Å². The molecule has 0 amide bonds. The van der Waals surface area contributed by atoms with Crippen molar-refractivity contribution in [2.24, 2.45) is 0 Å². The van der Waals surface area contributed by atoms with E-state index in [-0.39, 0.29) is 31.0 Å². The summed E-state index contributed by atoms with van der Waals surface area (Å²) >= 11 is 0. The van der Waals surface area contributed by atoms with Gasteiger partial charge in [0, 0.05) is 5.57 Å². The van der Waals surface area contributed by atoms with Gasteiger partial charge in [0.1, 0.15) is 25.4 Å². The van der Waals surface area contributed by atoms with Gasteiger partial charge in [-0.1, -0.05) is 6.58 Å². The molecule has 2 aliphatic heterocycles. The molecule has 1 N–H and O–H groups in total. The van der Waals surface area contributed by atoms with Crippen LogP contribution >= 0.6 is 0 Å². The molecule has 0 saturated carbocycles. The second kappa shape index (κ2) is 8.28. The molecule has 0 aliphatic carbocycles. The summed E-state index contributed by atoms with van der Waals surface area (Å²) in [4.78, 5) is 47.6. The highest BCUT2D eigenvalue weighted by atomic mass is 16.6. The van der Waals surface area contributed by atoms with E-state index in [0.29, 0.717) is 13.2 Å². The number of aliphatic carboxylic acids is 1. The highest BCUT2D eigenvalue weighted by Gasteiger charge is 2.48. The van der Waals surface area contributed by atoms with E-state index in [1.807, 2.05) is 0 Å². The molecule has 0 radical (unpaired) electrons. The number of esters is 3. The maximum atomic E-state index is 12.0. The second-order valence-electron chi connectivity index (χ2n) is 6.10. The van der Waals surface area contributed by atoms with Crippen molar-refractivity contribution in [2.75, 3.05) is 26.4 Å². The minimum Gasteiger partial charge on any atom is -0.478 e. The van der Waals surface area contributed by atoms with E-state index in [2.05, 4.69) is 6.58 Å². The minimum atomic E-state index is -2.46. The molecule has 2 saturated heterocycles.